The highest BCUT2D eigenvalue weighted by atomic mass is 16.5. The second kappa shape index (κ2) is 8.91. The van der Waals surface area contributed by atoms with Crippen molar-refractivity contribution in [3.63, 3.8) is 0 Å². The summed E-state index contributed by atoms with van der Waals surface area (Å²) >= 11 is 0. The van der Waals surface area contributed by atoms with Gasteiger partial charge < -0.3 is 10.1 Å². The van der Waals surface area contributed by atoms with Gasteiger partial charge >= 0.3 is 5.97 Å². The zero-order valence-corrected chi connectivity index (χ0v) is 13.6. The number of benzene rings is 2. The Morgan fingerprint density at radius 2 is 1.65 bits per heavy atom. The van der Waals surface area contributed by atoms with Gasteiger partial charge in [0.1, 0.15) is 6.10 Å². The minimum atomic E-state index is -0.324. The Labute approximate surface area is 138 Å². The van der Waals surface area contributed by atoms with Crippen LogP contribution >= 0.6 is 0 Å². The predicted molar refractivity (Wildman–Crippen MR) is 92.8 cm³/mol. The summed E-state index contributed by atoms with van der Waals surface area (Å²) in [6.07, 6.45) is 3.06. The Morgan fingerprint density at radius 1 is 1.04 bits per heavy atom. The quantitative estimate of drug-likeness (QED) is 0.620. The molecule has 2 aromatic carbocycles. The van der Waals surface area contributed by atoms with Crippen LogP contribution < -0.4 is 5.32 Å². The van der Waals surface area contributed by atoms with Gasteiger partial charge in [-0.2, -0.15) is 0 Å². The molecule has 0 fully saturated rings. The first-order valence-corrected chi connectivity index (χ1v) is 7.86. The molecule has 0 aliphatic rings. The standard InChI is InChI=1S/C20H23NO2/c1-16(21-15-18-9-5-3-6-10-18)13-14-20(22)23-17(2)19-11-7-4-8-12-19/h3-14,16-17,21H,15H2,1-2H3/b14-13+/t16-,17-/m1/s1. The fraction of sp³-hybridized carbons (Fsp3) is 0.250. The molecule has 0 amide bonds. The van der Waals surface area contributed by atoms with Gasteiger partial charge in [-0.25, -0.2) is 4.79 Å². The third kappa shape index (κ3) is 6.09. The fourth-order valence-electron chi connectivity index (χ4n) is 2.17. The third-order valence-electron chi connectivity index (χ3n) is 3.55. The van der Waals surface area contributed by atoms with E-state index in [-0.39, 0.29) is 18.1 Å². The number of carbonyl (C=O) groups is 1. The predicted octanol–water partition coefficient (Wildman–Crippen LogP) is 4.03. The van der Waals surface area contributed by atoms with E-state index in [1.54, 1.807) is 0 Å². The smallest absolute Gasteiger partial charge is 0.331 e. The summed E-state index contributed by atoms with van der Waals surface area (Å²) in [5, 5.41) is 3.34. The van der Waals surface area contributed by atoms with Crippen molar-refractivity contribution < 1.29 is 9.53 Å². The van der Waals surface area contributed by atoms with E-state index in [1.807, 2.05) is 68.5 Å². The second-order valence-corrected chi connectivity index (χ2v) is 5.50. The molecule has 0 bridgehead atoms. The lowest BCUT2D eigenvalue weighted by Crippen LogP contribution is -2.23. The number of hydrogen-bond acceptors (Lipinski definition) is 3. The van der Waals surface area contributed by atoms with Gasteiger partial charge in [-0.05, 0) is 25.0 Å². The monoisotopic (exact) mass is 309 g/mol. The molecule has 0 radical (unpaired) electrons. The highest BCUT2D eigenvalue weighted by Crippen LogP contribution is 2.16. The van der Waals surface area contributed by atoms with Crippen LogP contribution in [0.3, 0.4) is 0 Å². The van der Waals surface area contributed by atoms with Crippen molar-refractivity contribution in [2.24, 2.45) is 0 Å². The topological polar surface area (TPSA) is 38.3 Å². The fourth-order valence-corrected chi connectivity index (χ4v) is 2.17. The van der Waals surface area contributed by atoms with E-state index in [0.717, 1.165) is 12.1 Å². The average molecular weight is 309 g/mol. The van der Waals surface area contributed by atoms with Gasteiger partial charge in [0.2, 0.25) is 0 Å². The second-order valence-electron chi connectivity index (χ2n) is 5.50. The molecular weight excluding hydrogens is 286 g/mol. The van der Waals surface area contributed by atoms with Gasteiger partial charge in [0.15, 0.2) is 0 Å². The van der Waals surface area contributed by atoms with Gasteiger partial charge in [-0.15, -0.1) is 0 Å². The van der Waals surface area contributed by atoms with E-state index in [1.165, 1.54) is 11.6 Å². The van der Waals surface area contributed by atoms with E-state index >= 15 is 0 Å². The largest absolute Gasteiger partial charge is 0.455 e. The van der Waals surface area contributed by atoms with Crippen LogP contribution in [0, 0.1) is 0 Å². The van der Waals surface area contributed by atoms with Crippen molar-refractivity contribution >= 4 is 5.97 Å². The summed E-state index contributed by atoms with van der Waals surface area (Å²) in [4.78, 5) is 11.9. The molecule has 0 spiro atoms. The zero-order valence-electron chi connectivity index (χ0n) is 13.6. The van der Waals surface area contributed by atoms with Crippen LogP contribution in [0.1, 0.15) is 31.1 Å². The zero-order chi connectivity index (χ0) is 16.5. The Bertz CT molecular complexity index is 623. The average Bonchev–Trinajstić information content (AvgIpc) is 2.60. The van der Waals surface area contributed by atoms with E-state index in [0.29, 0.717) is 0 Å². The molecule has 0 heterocycles. The Hall–Kier alpha value is -2.39. The van der Waals surface area contributed by atoms with Crippen molar-refractivity contribution in [1.82, 2.24) is 5.32 Å². The molecule has 0 saturated carbocycles. The van der Waals surface area contributed by atoms with Crippen LogP contribution in [0.4, 0.5) is 0 Å². The maximum atomic E-state index is 11.9. The summed E-state index contributed by atoms with van der Waals surface area (Å²) in [6, 6.07) is 20.0. The summed E-state index contributed by atoms with van der Waals surface area (Å²) in [5.74, 6) is -0.324. The molecule has 2 rings (SSSR count). The van der Waals surface area contributed by atoms with E-state index < -0.39 is 0 Å². The van der Waals surface area contributed by atoms with Crippen LogP contribution in [-0.4, -0.2) is 12.0 Å². The Morgan fingerprint density at radius 3 is 2.30 bits per heavy atom. The van der Waals surface area contributed by atoms with Crippen molar-refractivity contribution in [2.45, 2.75) is 32.5 Å². The third-order valence-corrected chi connectivity index (χ3v) is 3.55. The van der Waals surface area contributed by atoms with Crippen LogP contribution in [0.15, 0.2) is 72.8 Å². The van der Waals surface area contributed by atoms with Crippen LogP contribution in [0.5, 0.6) is 0 Å². The summed E-state index contributed by atoms with van der Waals surface area (Å²) in [6.45, 7) is 4.65. The summed E-state index contributed by atoms with van der Waals surface area (Å²) in [5.41, 5.74) is 2.21. The number of ether oxygens (including phenoxy) is 1. The minimum Gasteiger partial charge on any atom is -0.455 e. The lowest BCUT2D eigenvalue weighted by molar-refractivity contribution is -0.142. The van der Waals surface area contributed by atoms with Gasteiger partial charge in [-0.1, -0.05) is 66.7 Å². The number of rotatable bonds is 7. The van der Waals surface area contributed by atoms with E-state index in [2.05, 4.69) is 17.4 Å². The van der Waals surface area contributed by atoms with Crippen LogP contribution in [0.25, 0.3) is 0 Å². The molecule has 1 N–H and O–H groups in total. The number of esters is 1. The van der Waals surface area contributed by atoms with Crippen molar-refractivity contribution in [3.8, 4) is 0 Å². The Balaban J connectivity index is 1.76. The first-order chi connectivity index (χ1) is 11.1. The molecule has 0 aliphatic heterocycles. The van der Waals surface area contributed by atoms with Gasteiger partial charge in [0, 0.05) is 18.7 Å². The van der Waals surface area contributed by atoms with Crippen molar-refractivity contribution in [3.05, 3.63) is 83.9 Å². The lowest BCUT2D eigenvalue weighted by Gasteiger charge is -2.12. The normalized spacial score (nSPS) is 13.7. The maximum absolute atomic E-state index is 11.9. The number of carbonyl (C=O) groups excluding carboxylic acids is 1. The Kier molecular flexibility index (Phi) is 6.57. The first kappa shape index (κ1) is 17.0. The molecule has 0 aliphatic carbocycles. The molecule has 3 nitrogen and oxygen atoms in total. The molecule has 120 valence electrons. The molecule has 0 aromatic heterocycles. The number of hydrogen-bond donors (Lipinski definition) is 1. The summed E-state index contributed by atoms with van der Waals surface area (Å²) < 4.78 is 5.40. The minimum absolute atomic E-state index is 0.0924. The van der Waals surface area contributed by atoms with E-state index in [4.69, 9.17) is 4.74 Å². The molecular formula is C20H23NO2. The molecule has 0 saturated heterocycles. The highest BCUT2D eigenvalue weighted by Gasteiger charge is 2.09. The molecule has 0 unspecified atom stereocenters. The van der Waals surface area contributed by atoms with E-state index in [9.17, 15) is 4.79 Å². The van der Waals surface area contributed by atoms with Gasteiger partial charge in [0.25, 0.3) is 0 Å². The molecule has 2 aromatic rings. The van der Waals surface area contributed by atoms with Crippen molar-refractivity contribution in [1.29, 1.82) is 0 Å². The van der Waals surface area contributed by atoms with Crippen LogP contribution in [-0.2, 0) is 16.1 Å². The first-order valence-electron chi connectivity index (χ1n) is 7.86. The number of nitrogens with one attached hydrogen (secondary N) is 1. The lowest BCUT2D eigenvalue weighted by atomic mass is 10.1. The highest BCUT2D eigenvalue weighted by molar-refractivity contribution is 5.82. The SMILES string of the molecule is C[C@H](/C=C/C(=O)O[C@H](C)c1ccccc1)NCc1ccccc1. The van der Waals surface area contributed by atoms with Gasteiger partial charge in [0.05, 0.1) is 0 Å². The van der Waals surface area contributed by atoms with Gasteiger partial charge in [-0.3, -0.25) is 0 Å². The molecule has 2 atom stereocenters. The van der Waals surface area contributed by atoms with Crippen molar-refractivity contribution in [2.75, 3.05) is 0 Å². The van der Waals surface area contributed by atoms with Crippen LogP contribution in [0.2, 0.25) is 0 Å². The maximum Gasteiger partial charge on any atom is 0.331 e. The summed E-state index contributed by atoms with van der Waals surface area (Å²) in [7, 11) is 0. The molecule has 3 heteroatoms. The molecule has 23 heavy (non-hydrogen) atoms.